The number of nitrogens with two attached hydrogens (primary N) is 1. The zero-order valence-corrected chi connectivity index (χ0v) is 11.7. The van der Waals surface area contributed by atoms with Gasteiger partial charge in [-0.15, -0.1) is 0 Å². The van der Waals surface area contributed by atoms with Gasteiger partial charge in [0.15, 0.2) is 0 Å². The van der Waals surface area contributed by atoms with Crippen molar-refractivity contribution in [3.8, 4) is 0 Å². The number of rotatable bonds is 2. The van der Waals surface area contributed by atoms with Gasteiger partial charge in [0.2, 0.25) is 5.82 Å². The Morgan fingerprint density at radius 2 is 2.14 bits per heavy atom. The van der Waals surface area contributed by atoms with Crippen LogP contribution in [0.2, 0.25) is 0 Å². The predicted octanol–water partition coefficient (Wildman–Crippen LogP) is 1.05. The highest BCUT2D eigenvalue weighted by Gasteiger charge is 2.38. The van der Waals surface area contributed by atoms with Crippen LogP contribution in [-0.4, -0.2) is 46.5 Å². The van der Waals surface area contributed by atoms with Crippen LogP contribution in [0.3, 0.4) is 0 Å². The van der Waals surface area contributed by atoms with Crippen LogP contribution < -0.4 is 10.6 Å². The molecule has 1 saturated heterocycles. The molecule has 1 aromatic heterocycles. The summed E-state index contributed by atoms with van der Waals surface area (Å²) in [6, 6.07) is 1.28. The fourth-order valence-corrected chi connectivity index (χ4v) is 2.31. The van der Waals surface area contributed by atoms with E-state index in [2.05, 4.69) is 9.97 Å². The molecule has 1 aliphatic heterocycles. The third-order valence-electron chi connectivity index (χ3n) is 2.99. The minimum Gasteiger partial charge on any atom is -0.394 e. The van der Waals surface area contributed by atoms with E-state index in [1.165, 1.54) is 6.07 Å². The predicted molar refractivity (Wildman–Crippen MR) is 69.7 cm³/mol. The molecule has 1 atom stereocenters. The molecule has 0 aromatic carbocycles. The van der Waals surface area contributed by atoms with Gasteiger partial charge >= 0.3 is 6.18 Å². The van der Waals surface area contributed by atoms with Gasteiger partial charge in [-0.1, -0.05) is 0 Å². The minimum absolute atomic E-state index is 0.0738. The van der Waals surface area contributed by atoms with E-state index in [0.717, 1.165) is 0 Å². The molecular formula is C12H17F3N4O2. The smallest absolute Gasteiger partial charge is 0.394 e. The first-order valence-corrected chi connectivity index (χ1v) is 6.36. The van der Waals surface area contributed by atoms with Crippen molar-refractivity contribution in [3.05, 3.63) is 11.9 Å². The highest BCUT2D eigenvalue weighted by Crippen LogP contribution is 2.30. The summed E-state index contributed by atoms with van der Waals surface area (Å²) in [7, 11) is 0. The Balaban J connectivity index is 2.34. The maximum absolute atomic E-state index is 12.7. The number of anilines is 2. The van der Waals surface area contributed by atoms with E-state index in [4.69, 9.17) is 10.5 Å². The Hall–Kier alpha value is -1.61. The van der Waals surface area contributed by atoms with Crippen molar-refractivity contribution in [2.45, 2.75) is 31.7 Å². The van der Waals surface area contributed by atoms with E-state index in [1.54, 1.807) is 18.7 Å². The number of hydrogen-bond acceptors (Lipinski definition) is 6. The van der Waals surface area contributed by atoms with Gasteiger partial charge in [0.05, 0.1) is 18.3 Å². The number of ether oxygens (including phenoxy) is 1. The molecule has 1 aliphatic rings. The average molecular weight is 306 g/mol. The van der Waals surface area contributed by atoms with Crippen molar-refractivity contribution in [3.63, 3.8) is 0 Å². The number of alkyl halides is 3. The first kappa shape index (κ1) is 15.8. The number of hydrogen-bond donors (Lipinski definition) is 2. The lowest BCUT2D eigenvalue weighted by atomic mass is 10.1. The third-order valence-corrected chi connectivity index (χ3v) is 2.99. The molecule has 21 heavy (non-hydrogen) atoms. The molecule has 1 fully saturated rings. The zero-order valence-electron chi connectivity index (χ0n) is 11.7. The standard InChI is InChI=1S/C12H17F3N4O2/c1-11(2)6-19(4-7(5-20)21-11)9-3-8(16)17-10(18-9)12(13,14)15/h3,7,20H,4-6H2,1-2H3,(H2,16,17,18). The van der Waals surface area contributed by atoms with Gasteiger partial charge in [-0.05, 0) is 13.8 Å². The molecule has 3 N–H and O–H groups in total. The number of aliphatic hydroxyl groups is 1. The van der Waals surface area contributed by atoms with Gasteiger partial charge in [-0.3, -0.25) is 0 Å². The molecule has 0 spiro atoms. The van der Waals surface area contributed by atoms with Crippen LogP contribution >= 0.6 is 0 Å². The number of aliphatic hydroxyl groups excluding tert-OH is 1. The Morgan fingerprint density at radius 3 is 2.71 bits per heavy atom. The topological polar surface area (TPSA) is 84.5 Å². The summed E-state index contributed by atoms with van der Waals surface area (Å²) >= 11 is 0. The lowest BCUT2D eigenvalue weighted by Gasteiger charge is -2.42. The maximum atomic E-state index is 12.7. The lowest BCUT2D eigenvalue weighted by molar-refractivity contribution is -0.144. The molecule has 1 unspecified atom stereocenters. The van der Waals surface area contributed by atoms with Crippen LogP contribution in [0.15, 0.2) is 6.07 Å². The van der Waals surface area contributed by atoms with Crippen LogP contribution in [0.25, 0.3) is 0 Å². The molecular weight excluding hydrogens is 289 g/mol. The van der Waals surface area contributed by atoms with Crippen molar-refractivity contribution in [2.75, 3.05) is 30.3 Å². The molecule has 6 nitrogen and oxygen atoms in total. The van der Waals surface area contributed by atoms with Gasteiger partial charge in [0.1, 0.15) is 11.6 Å². The van der Waals surface area contributed by atoms with Gasteiger partial charge in [-0.2, -0.15) is 13.2 Å². The van der Waals surface area contributed by atoms with Crippen LogP contribution in [0.1, 0.15) is 19.7 Å². The highest BCUT2D eigenvalue weighted by molar-refractivity contribution is 5.48. The average Bonchev–Trinajstić information content (AvgIpc) is 2.35. The maximum Gasteiger partial charge on any atom is 0.451 e. The summed E-state index contributed by atoms with van der Waals surface area (Å²) in [6.07, 6.45) is -5.17. The van der Waals surface area contributed by atoms with Gasteiger partial charge in [0.25, 0.3) is 0 Å². The summed E-state index contributed by atoms with van der Waals surface area (Å²) in [5.41, 5.74) is 4.82. The number of halogens is 3. The summed E-state index contributed by atoms with van der Waals surface area (Å²) in [5.74, 6) is -1.45. The molecule has 0 saturated carbocycles. The largest absolute Gasteiger partial charge is 0.451 e. The molecule has 2 heterocycles. The number of nitrogen functional groups attached to an aromatic ring is 1. The summed E-state index contributed by atoms with van der Waals surface area (Å²) in [4.78, 5) is 8.35. The van der Waals surface area contributed by atoms with E-state index in [9.17, 15) is 18.3 Å². The van der Waals surface area contributed by atoms with E-state index < -0.39 is 23.7 Å². The molecule has 1 aromatic rings. The molecule has 0 radical (unpaired) electrons. The van der Waals surface area contributed by atoms with Crippen molar-refractivity contribution >= 4 is 11.6 Å². The molecule has 9 heteroatoms. The van der Waals surface area contributed by atoms with E-state index in [0.29, 0.717) is 6.54 Å². The number of aromatic nitrogens is 2. The van der Waals surface area contributed by atoms with Gasteiger partial charge in [0, 0.05) is 19.2 Å². The Labute approximate surface area is 119 Å². The Bertz CT molecular complexity index is 522. The Kier molecular flexibility index (Phi) is 3.98. The van der Waals surface area contributed by atoms with Crippen LogP contribution in [-0.2, 0) is 10.9 Å². The van der Waals surface area contributed by atoms with Crippen LogP contribution in [0, 0.1) is 0 Å². The summed E-state index contributed by atoms with van der Waals surface area (Å²) in [6.45, 7) is 3.91. The van der Waals surface area contributed by atoms with Crippen molar-refractivity contribution in [1.82, 2.24) is 9.97 Å². The Morgan fingerprint density at radius 1 is 1.48 bits per heavy atom. The number of nitrogens with zero attached hydrogens (tertiary/aromatic N) is 3. The van der Waals surface area contributed by atoms with Crippen LogP contribution in [0.5, 0.6) is 0 Å². The first-order chi connectivity index (χ1) is 9.60. The molecule has 0 amide bonds. The van der Waals surface area contributed by atoms with Crippen LogP contribution in [0.4, 0.5) is 24.8 Å². The van der Waals surface area contributed by atoms with Crippen molar-refractivity contribution < 1.29 is 23.0 Å². The summed E-state index contributed by atoms with van der Waals surface area (Å²) in [5, 5.41) is 9.24. The fraction of sp³-hybridized carbons (Fsp3) is 0.667. The molecule has 2 rings (SSSR count). The fourth-order valence-electron chi connectivity index (χ4n) is 2.31. The second-order valence-electron chi connectivity index (χ2n) is 5.54. The van der Waals surface area contributed by atoms with Gasteiger partial charge in [-0.25, -0.2) is 9.97 Å². The molecule has 118 valence electrons. The van der Waals surface area contributed by atoms with Gasteiger partial charge < -0.3 is 20.5 Å². The normalized spacial score (nSPS) is 22.4. The second-order valence-corrected chi connectivity index (χ2v) is 5.54. The van der Waals surface area contributed by atoms with E-state index >= 15 is 0 Å². The summed E-state index contributed by atoms with van der Waals surface area (Å²) < 4.78 is 43.9. The highest BCUT2D eigenvalue weighted by atomic mass is 19.4. The molecule has 0 bridgehead atoms. The molecule has 0 aliphatic carbocycles. The first-order valence-electron chi connectivity index (χ1n) is 6.36. The van der Waals surface area contributed by atoms with E-state index in [-0.39, 0.29) is 24.8 Å². The minimum atomic E-state index is -4.66. The SMILES string of the molecule is CC1(C)CN(c2cc(N)nc(C(F)(F)F)n2)CC(CO)O1. The van der Waals surface area contributed by atoms with E-state index in [1.807, 2.05) is 0 Å². The third kappa shape index (κ3) is 3.73. The van der Waals surface area contributed by atoms with Crippen molar-refractivity contribution in [2.24, 2.45) is 0 Å². The second kappa shape index (κ2) is 5.30. The lowest BCUT2D eigenvalue weighted by Crippen LogP contribution is -2.54. The zero-order chi connectivity index (χ0) is 15.8. The van der Waals surface area contributed by atoms with Crippen molar-refractivity contribution in [1.29, 1.82) is 0 Å². The quantitative estimate of drug-likeness (QED) is 0.850. The number of morpholine rings is 1. The monoisotopic (exact) mass is 306 g/mol.